The van der Waals surface area contributed by atoms with E-state index in [0.29, 0.717) is 11.8 Å². The molecule has 0 fully saturated rings. The highest BCUT2D eigenvalue weighted by Gasteiger charge is 2.07. The predicted octanol–water partition coefficient (Wildman–Crippen LogP) is 3.78. The number of nitrogens with one attached hydrogen (secondary N) is 1. The minimum absolute atomic E-state index is 0.183. The Bertz CT molecular complexity index is 339. The Morgan fingerprint density at radius 2 is 2.12 bits per heavy atom. The van der Waals surface area contributed by atoms with Crippen molar-refractivity contribution in [1.29, 1.82) is 0 Å². The number of phenols is 1. The summed E-state index contributed by atoms with van der Waals surface area (Å²) in [5.41, 5.74) is 0.950. The van der Waals surface area contributed by atoms with Crippen molar-refractivity contribution in [3.8, 4) is 11.5 Å². The number of phenolic OH excluding ortho intramolecular Hbond substituents is 1. The van der Waals surface area contributed by atoms with Crippen molar-refractivity contribution in [2.24, 2.45) is 0 Å². The second-order valence-electron chi connectivity index (χ2n) is 4.28. The van der Waals surface area contributed by atoms with Gasteiger partial charge in [0.2, 0.25) is 0 Å². The molecule has 1 rings (SSSR count). The van der Waals surface area contributed by atoms with Gasteiger partial charge in [0.1, 0.15) is 0 Å². The van der Waals surface area contributed by atoms with Crippen molar-refractivity contribution in [2.45, 2.75) is 45.6 Å². The van der Waals surface area contributed by atoms with Gasteiger partial charge in [-0.3, -0.25) is 0 Å². The molecule has 2 N–H and O–H groups in total. The van der Waals surface area contributed by atoms with Gasteiger partial charge in [-0.25, -0.2) is 0 Å². The molecule has 96 valence electrons. The average Bonchev–Trinajstić information content (AvgIpc) is 2.34. The Kier molecular flexibility index (Phi) is 5.67. The fourth-order valence-corrected chi connectivity index (χ4v) is 1.84. The summed E-state index contributed by atoms with van der Waals surface area (Å²) < 4.78 is 5.02. The molecular weight excluding hydrogens is 214 g/mol. The minimum atomic E-state index is 0.183. The summed E-state index contributed by atoms with van der Waals surface area (Å²) in [6.07, 6.45) is 4.70. The van der Waals surface area contributed by atoms with Crippen LogP contribution in [0.25, 0.3) is 0 Å². The van der Waals surface area contributed by atoms with Gasteiger partial charge in [0, 0.05) is 17.8 Å². The minimum Gasteiger partial charge on any atom is -0.504 e. The molecule has 0 aliphatic carbocycles. The molecule has 3 heteroatoms. The lowest BCUT2D eigenvalue weighted by Gasteiger charge is -2.18. The van der Waals surface area contributed by atoms with E-state index in [4.69, 9.17) is 4.74 Å². The Labute approximate surface area is 104 Å². The first-order valence-corrected chi connectivity index (χ1v) is 6.34. The Morgan fingerprint density at radius 3 is 2.65 bits per heavy atom. The van der Waals surface area contributed by atoms with Crippen LogP contribution >= 0.6 is 0 Å². The molecule has 0 bridgehead atoms. The largest absolute Gasteiger partial charge is 0.504 e. The standard InChI is InChI=1S/C14H23NO2/c1-4-6-7-11(5-2)15-12-8-9-14(17-3)13(16)10-12/h8-11,15-16H,4-7H2,1-3H3. The SMILES string of the molecule is CCCCC(CC)Nc1ccc(OC)c(O)c1. The summed E-state index contributed by atoms with van der Waals surface area (Å²) in [5.74, 6) is 0.694. The molecule has 17 heavy (non-hydrogen) atoms. The number of benzene rings is 1. The van der Waals surface area contributed by atoms with Gasteiger partial charge in [-0.05, 0) is 25.0 Å². The van der Waals surface area contributed by atoms with Crippen molar-refractivity contribution in [3.63, 3.8) is 0 Å². The maximum Gasteiger partial charge on any atom is 0.160 e. The fraction of sp³-hybridized carbons (Fsp3) is 0.571. The summed E-state index contributed by atoms with van der Waals surface area (Å²) in [4.78, 5) is 0. The van der Waals surface area contributed by atoms with Crippen molar-refractivity contribution in [1.82, 2.24) is 0 Å². The van der Waals surface area contributed by atoms with Crippen LogP contribution in [0.5, 0.6) is 11.5 Å². The maximum absolute atomic E-state index is 9.69. The molecule has 3 nitrogen and oxygen atoms in total. The van der Waals surface area contributed by atoms with Gasteiger partial charge >= 0.3 is 0 Å². The van der Waals surface area contributed by atoms with E-state index in [1.54, 1.807) is 19.2 Å². The zero-order valence-corrected chi connectivity index (χ0v) is 11.0. The first-order valence-electron chi connectivity index (χ1n) is 6.34. The number of anilines is 1. The number of ether oxygens (including phenoxy) is 1. The smallest absolute Gasteiger partial charge is 0.160 e. The van der Waals surface area contributed by atoms with E-state index in [1.165, 1.54) is 19.3 Å². The summed E-state index contributed by atoms with van der Waals surface area (Å²) in [5, 5.41) is 13.1. The molecule has 0 aliphatic heterocycles. The molecule has 0 radical (unpaired) electrons. The molecule has 0 spiro atoms. The van der Waals surface area contributed by atoms with Gasteiger partial charge in [-0.2, -0.15) is 0 Å². The maximum atomic E-state index is 9.69. The third-order valence-corrected chi connectivity index (χ3v) is 2.95. The van der Waals surface area contributed by atoms with E-state index in [0.717, 1.165) is 12.1 Å². The van der Waals surface area contributed by atoms with E-state index in [1.807, 2.05) is 6.07 Å². The third kappa shape index (κ3) is 4.17. The van der Waals surface area contributed by atoms with Crippen LogP contribution in [0.2, 0.25) is 0 Å². The van der Waals surface area contributed by atoms with Crippen LogP contribution in [0.3, 0.4) is 0 Å². The average molecular weight is 237 g/mol. The molecule has 0 saturated heterocycles. The quantitative estimate of drug-likeness (QED) is 0.758. The highest BCUT2D eigenvalue weighted by molar-refractivity contribution is 5.54. The van der Waals surface area contributed by atoms with Crippen molar-refractivity contribution in [3.05, 3.63) is 18.2 Å². The predicted molar refractivity (Wildman–Crippen MR) is 71.9 cm³/mol. The van der Waals surface area contributed by atoms with Crippen molar-refractivity contribution < 1.29 is 9.84 Å². The molecule has 1 unspecified atom stereocenters. The van der Waals surface area contributed by atoms with Crippen LogP contribution in [0.15, 0.2) is 18.2 Å². The van der Waals surface area contributed by atoms with Crippen LogP contribution in [-0.2, 0) is 0 Å². The summed E-state index contributed by atoms with van der Waals surface area (Å²) in [6.45, 7) is 4.38. The van der Waals surface area contributed by atoms with Crippen LogP contribution in [-0.4, -0.2) is 18.3 Å². The first kappa shape index (κ1) is 13.7. The lowest BCUT2D eigenvalue weighted by Crippen LogP contribution is -2.18. The number of rotatable bonds is 7. The van der Waals surface area contributed by atoms with Crippen LogP contribution in [0.1, 0.15) is 39.5 Å². The van der Waals surface area contributed by atoms with Gasteiger partial charge < -0.3 is 15.2 Å². The van der Waals surface area contributed by atoms with E-state index in [-0.39, 0.29) is 5.75 Å². The van der Waals surface area contributed by atoms with E-state index < -0.39 is 0 Å². The Morgan fingerprint density at radius 1 is 1.35 bits per heavy atom. The van der Waals surface area contributed by atoms with Crippen molar-refractivity contribution >= 4 is 5.69 Å². The Hall–Kier alpha value is -1.38. The van der Waals surface area contributed by atoms with Crippen molar-refractivity contribution in [2.75, 3.05) is 12.4 Å². The molecule has 0 amide bonds. The van der Waals surface area contributed by atoms with Crippen LogP contribution in [0, 0.1) is 0 Å². The zero-order chi connectivity index (χ0) is 12.7. The number of aromatic hydroxyl groups is 1. The molecule has 0 heterocycles. The molecule has 1 aromatic rings. The number of hydrogen-bond donors (Lipinski definition) is 2. The van der Waals surface area contributed by atoms with Gasteiger partial charge in [0.15, 0.2) is 11.5 Å². The number of methoxy groups -OCH3 is 1. The number of unbranched alkanes of at least 4 members (excludes halogenated alkanes) is 1. The summed E-state index contributed by atoms with van der Waals surface area (Å²) in [6, 6.07) is 5.91. The molecular formula is C14H23NO2. The molecule has 0 saturated carbocycles. The summed E-state index contributed by atoms with van der Waals surface area (Å²) in [7, 11) is 1.55. The Balaban J connectivity index is 2.63. The lowest BCUT2D eigenvalue weighted by atomic mass is 10.1. The molecule has 0 aromatic heterocycles. The topological polar surface area (TPSA) is 41.5 Å². The second kappa shape index (κ2) is 7.05. The molecule has 0 aliphatic rings. The number of hydrogen-bond acceptors (Lipinski definition) is 3. The highest BCUT2D eigenvalue weighted by atomic mass is 16.5. The zero-order valence-electron chi connectivity index (χ0n) is 11.0. The molecule has 1 atom stereocenters. The second-order valence-corrected chi connectivity index (χ2v) is 4.28. The van der Waals surface area contributed by atoms with E-state index >= 15 is 0 Å². The van der Waals surface area contributed by atoms with E-state index in [2.05, 4.69) is 19.2 Å². The molecule has 1 aromatic carbocycles. The van der Waals surface area contributed by atoms with Gasteiger partial charge in [-0.15, -0.1) is 0 Å². The van der Waals surface area contributed by atoms with Crippen LogP contribution < -0.4 is 10.1 Å². The highest BCUT2D eigenvalue weighted by Crippen LogP contribution is 2.29. The van der Waals surface area contributed by atoms with Crippen LogP contribution in [0.4, 0.5) is 5.69 Å². The lowest BCUT2D eigenvalue weighted by molar-refractivity contribution is 0.373. The normalized spacial score (nSPS) is 12.2. The summed E-state index contributed by atoms with van der Waals surface area (Å²) >= 11 is 0. The third-order valence-electron chi connectivity index (χ3n) is 2.95. The fourth-order valence-electron chi connectivity index (χ4n) is 1.84. The van der Waals surface area contributed by atoms with Gasteiger partial charge in [0.25, 0.3) is 0 Å². The first-order chi connectivity index (χ1) is 8.21. The van der Waals surface area contributed by atoms with E-state index in [9.17, 15) is 5.11 Å². The van der Waals surface area contributed by atoms with Gasteiger partial charge in [0.05, 0.1) is 7.11 Å². The monoisotopic (exact) mass is 237 g/mol. The van der Waals surface area contributed by atoms with Gasteiger partial charge in [-0.1, -0.05) is 26.7 Å².